The lowest BCUT2D eigenvalue weighted by Crippen LogP contribution is -2.46. The van der Waals surface area contributed by atoms with Gasteiger partial charge in [-0.2, -0.15) is 0 Å². The summed E-state index contributed by atoms with van der Waals surface area (Å²) < 4.78 is 0. The topological polar surface area (TPSA) is 66.5 Å². The molecule has 1 atom stereocenters. The van der Waals surface area contributed by atoms with Gasteiger partial charge in [0.15, 0.2) is 11.3 Å². The van der Waals surface area contributed by atoms with Crippen molar-refractivity contribution in [3.63, 3.8) is 0 Å². The van der Waals surface area contributed by atoms with E-state index >= 15 is 0 Å². The molecule has 0 spiro atoms. The molecule has 4 rings (SSSR count). The standard InChI is InChI=1S/C27H26N2O3/c1-18-14-20(3)23(15-19(18)2)24(30)17-29-25(31)27(28-26(29)32,22-12-8-5-9-13-22)16-21-10-6-4-7-11-21/h4-15H,16-17H2,1-3H3,(H,28,32)/t27-/m0/s1. The molecule has 3 aromatic carbocycles. The summed E-state index contributed by atoms with van der Waals surface area (Å²) >= 11 is 0. The Balaban J connectivity index is 1.68. The van der Waals surface area contributed by atoms with Gasteiger partial charge in [0, 0.05) is 12.0 Å². The Morgan fingerprint density at radius 3 is 2.09 bits per heavy atom. The van der Waals surface area contributed by atoms with Crippen LogP contribution in [-0.2, 0) is 16.8 Å². The fourth-order valence-corrected chi connectivity index (χ4v) is 4.30. The average molecular weight is 427 g/mol. The second-order valence-corrected chi connectivity index (χ2v) is 8.43. The number of carbonyl (C=O) groups is 3. The number of aryl methyl sites for hydroxylation is 3. The van der Waals surface area contributed by atoms with Crippen molar-refractivity contribution in [2.75, 3.05) is 6.54 Å². The van der Waals surface area contributed by atoms with Crippen molar-refractivity contribution in [3.8, 4) is 0 Å². The molecular formula is C27H26N2O3. The largest absolute Gasteiger partial charge is 0.325 e. The summed E-state index contributed by atoms with van der Waals surface area (Å²) in [5, 5.41) is 2.91. The van der Waals surface area contributed by atoms with Gasteiger partial charge < -0.3 is 5.32 Å². The van der Waals surface area contributed by atoms with Gasteiger partial charge in [-0.15, -0.1) is 0 Å². The predicted octanol–water partition coefficient (Wildman–Crippen LogP) is 4.48. The van der Waals surface area contributed by atoms with E-state index in [0.29, 0.717) is 17.5 Å². The van der Waals surface area contributed by atoms with E-state index in [1.807, 2.05) is 93.6 Å². The van der Waals surface area contributed by atoms with Crippen LogP contribution in [0.4, 0.5) is 4.79 Å². The SMILES string of the molecule is Cc1cc(C)c(C(=O)CN2C(=O)N[C@@](Cc3ccccc3)(c3ccccc3)C2=O)cc1C. The predicted molar refractivity (Wildman–Crippen MR) is 123 cm³/mol. The summed E-state index contributed by atoms with van der Waals surface area (Å²) in [4.78, 5) is 40.8. The smallest absolute Gasteiger partial charge is 0.319 e. The van der Waals surface area contributed by atoms with Crippen LogP contribution in [0.1, 0.15) is 38.2 Å². The number of Topliss-reactive ketones (excluding diaryl/α,β-unsaturated/α-hetero) is 1. The zero-order chi connectivity index (χ0) is 22.9. The van der Waals surface area contributed by atoms with Crippen LogP contribution in [0.5, 0.6) is 0 Å². The number of rotatable bonds is 6. The molecule has 1 aliphatic rings. The molecule has 1 aliphatic heterocycles. The molecule has 162 valence electrons. The number of amides is 3. The van der Waals surface area contributed by atoms with Gasteiger partial charge in [0.1, 0.15) is 0 Å². The summed E-state index contributed by atoms with van der Waals surface area (Å²) in [6, 6.07) is 22.0. The molecule has 1 saturated heterocycles. The van der Waals surface area contributed by atoms with E-state index in [0.717, 1.165) is 27.2 Å². The fraction of sp³-hybridized carbons (Fsp3) is 0.222. The van der Waals surface area contributed by atoms with Crippen molar-refractivity contribution in [2.45, 2.75) is 32.7 Å². The molecule has 1 heterocycles. The Labute approximate surface area is 188 Å². The molecule has 1 N–H and O–H groups in total. The molecule has 0 aliphatic carbocycles. The normalized spacial score (nSPS) is 18.0. The number of hydrogen-bond donors (Lipinski definition) is 1. The third-order valence-electron chi connectivity index (χ3n) is 6.20. The second kappa shape index (κ2) is 8.42. The van der Waals surface area contributed by atoms with Crippen LogP contribution >= 0.6 is 0 Å². The van der Waals surface area contributed by atoms with E-state index in [9.17, 15) is 14.4 Å². The Morgan fingerprint density at radius 1 is 0.844 bits per heavy atom. The summed E-state index contributed by atoms with van der Waals surface area (Å²) in [5.74, 6) is -0.662. The minimum atomic E-state index is -1.25. The third-order valence-corrected chi connectivity index (χ3v) is 6.20. The van der Waals surface area contributed by atoms with Crippen LogP contribution in [0.25, 0.3) is 0 Å². The first-order valence-corrected chi connectivity index (χ1v) is 10.7. The highest BCUT2D eigenvalue weighted by Gasteiger charge is 2.52. The number of urea groups is 1. The molecule has 1 fully saturated rings. The van der Waals surface area contributed by atoms with Crippen molar-refractivity contribution in [1.82, 2.24) is 10.2 Å². The van der Waals surface area contributed by atoms with Crippen LogP contribution in [0.15, 0.2) is 72.8 Å². The molecule has 32 heavy (non-hydrogen) atoms. The van der Waals surface area contributed by atoms with E-state index in [2.05, 4.69) is 5.32 Å². The molecule has 5 nitrogen and oxygen atoms in total. The molecule has 3 amide bonds. The molecule has 0 bridgehead atoms. The van der Waals surface area contributed by atoms with Crippen molar-refractivity contribution >= 4 is 17.7 Å². The van der Waals surface area contributed by atoms with Crippen molar-refractivity contribution in [3.05, 3.63) is 106 Å². The van der Waals surface area contributed by atoms with E-state index < -0.39 is 17.5 Å². The number of ketones is 1. The van der Waals surface area contributed by atoms with Crippen LogP contribution < -0.4 is 5.32 Å². The lowest BCUT2D eigenvalue weighted by molar-refractivity contribution is -0.131. The van der Waals surface area contributed by atoms with Gasteiger partial charge in [0.2, 0.25) is 0 Å². The summed E-state index contributed by atoms with van der Waals surface area (Å²) in [6.45, 7) is 5.51. The highest BCUT2D eigenvalue weighted by Crippen LogP contribution is 2.33. The molecule has 0 aromatic heterocycles. The number of nitrogens with one attached hydrogen (secondary N) is 1. The average Bonchev–Trinajstić information content (AvgIpc) is 3.02. The lowest BCUT2D eigenvalue weighted by Gasteiger charge is -2.27. The first-order chi connectivity index (χ1) is 15.3. The van der Waals surface area contributed by atoms with Gasteiger partial charge in [-0.3, -0.25) is 14.5 Å². The van der Waals surface area contributed by atoms with E-state index in [1.165, 1.54) is 0 Å². The van der Waals surface area contributed by atoms with E-state index in [4.69, 9.17) is 0 Å². The zero-order valence-corrected chi connectivity index (χ0v) is 18.5. The quantitative estimate of drug-likeness (QED) is 0.467. The third kappa shape index (κ3) is 3.82. The number of benzene rings is 3. The Hall–Kier alpha value is -3.73. The lowest BCUT2D eigenvalue weighted by atomic mass is 9.83. The number of hydrogen-bond acceptors (Lipinski definition) is 3. The van der Waals surface area contributed by atoms with Gasteiger partial charge in [0.05, 0.1) is 6.54 Å². The number of carbonyl (C=O) groups excluding carboxylic acids is 3. The van der Waals surface area contributed by atoms with Crippen molar-refractivity contribution in [1.29, 1.82) is 0 Å². The molecule has 0 radical (unpaired) electrons. The number of nitrogens with zero attached hydrogens (tertiary/aromatic N) is 1. The first-order valence-electron chi connectivity index (χ1n) is 10.7. The van der Waals surface area contributed by atoms with Crippen LogP contribution in [-0.4, -0.2) is 29.2 Å². The van der Waals surface area contributed by atoms with Crippen LogP contribution in [0.3, 0.4) is 0 Å². The monoisotopic (exact) mass is 426 g/mol. The molecule has 3 aromatic rings. The minimum Gasteiger partial charge on any atom is -0.319 e. The maximum atomic E-state index is 13.7. The highest BCUT2D eigenvalue weighted by atomic mass is 16.2. The maximum absolute atomic E-state index is 13.7. The van der Waals surface area contributed by atoms with Gasteiger partial charge in [-0.05, 0) is 54.7 Å². The molecule has 5 heteroatoms. The zero-order valence-electron chi connectivity index (χ0n) is 18.5. The Morgan fingerprint density at radius 2 is 1.44 bits per heavy atom. The minimum absolute atomic E-state index is 0.252. The first kappa shape index (κ1) is 21.5. The summed E-state index contributed by atoms with van der Waals surface area (Å²) in [5.41, 5.74) is 3.83. The van der Waals surface area contributed by atoms with Crippen LogP contribution in [0, 0.1) is 20.8 Å². The second-order valence-electron chi connectivity index (χ2n) is 8.43. The molecular weight excluding hydrogens is 400 g/mol. The molecule has 0 unspecified atom stereocenters. The maximum Gasteiger partial charge on any atom is 0.325 e. The van der Waals surface area contributed by atoms with Crippen molar-refractivity contribution < 1.29 is 14.4 Å². The van der Waals surface area contributed by atoms with E-state index in [-0.39, 0.29) is 12.3 Å². The van der Waals surface area contributed by atoms with E-state index in [1.54, 1.807) is 0 Å². The van der Waals surface area contributed by atoms with Gasteiger partial charge in [-0.25, -0.2) is 4.79 Å². The summed E-state index contributed by atoms with van der Waals surface area (Å²) in [7, 11) is 0. The van der Waals surface area contributed by atoms with Gasteiger partial charge in [0.25, 0.3) is 5.91 Å². The molecule has 0 saturated carbocycles. The Kier molecular flexibility index (Phi) is 5.66. The number of imide groups is 1. The van der Waals surface area contributed by atoms with Gasteiger partial charge in [-0.1, -0.05) is 66.7 Å². The fourth-order valence-electron chi connectivity index (χ4n) is 4.30. The Bertz CT molecular complexity index is 1190. The van der Waals surface area contributed by atoms with Gasteiger partial charge >= 0.3 is 6.03 Å². The summed E-state index contributed by atoms with van der Waals surface area (Å²) in [6.07, 6.45) is 0.301. The van der Waals surface area contributed by atoms with Crippen LogP contribution in [0.2, 0.25) is 0 Å². The highest BCUT2D eigenvalue weighted by molar-refractivity contribution is 6.11. The van der Waals surface area contributed by atoms with Crippen molar-refractivity contribution in [2.24, 2.45) is 0 Å².